The van der Waals surface area contributed by atoms with E-state index in [4.69, 9.17) is 4.74 Å². The van der Waals surface area contributed by atoms with Crippen LogP contribution in [0.2, 0.25) is 0 Å². The fraction of sp³-hybridized carbons (Fsp3) is 0.160. The first kappa shape index (κ1) is 22.8. The van der Waals surface area contributed by atoms with E-state index in [1.165, 1.54) is 23.1 Å². The van der Waals surface area contributed by atoms with Gasteiger partial charge in [-0.2, -0.15) is 0 Å². The summed E-state index contributed by atoms with van der Waals surface area (Å²) < 4.78 is 6.48. The van der Waals surface area contributed by atoms with Crippen molar-refractivity contribution in [3.63, 3.8) is 0 Å². The van der Waals surface area contributed by atoms with E-state index >= 15 is 0 Å². The molecule has 0 saturated heterocycles. The molecule has 0 aliphatic rings. The average Bonchev–Trinajstić information content (AvgIpc) is 3.20. The van der Waals surface area contributed by atoms with E-state index in [-0.39, 0.29) is 17.6 Å². The van der Waals surface area contributed by atoms with Gasteiger partial charge in [0, 0.05) is 16.1 Å². The minimum atomic E-state index is -0.150. The lowest BCUT2D eigenvalue weighted by atomic mass is 10.1. The van der Waals surface area contributed by atoms with Crippen LogP contribution in [0.3, 0.4) is 0 Å². The van der Waals surface area contributed by atoms with Crippen LogP contribution in [-0.4, -0.2) is 29.2 Å². The number of thioether (sulfide) groups is 1. The van der Waals surface area contributed by atoms with E-state index in [1.807, 2.05) is 74.5 Å². The Kier molecular flexibility index (Phi) is 7.26. The number of rotatable bonds is 8. The second-order valence-corrected chi connectivity index (χ2v) is 9.35. The summed E-state index contributed by atoms with van der Waals surface area (Å²) in [6, 6.07) is 20.6. The largest absolute Gasteiger partial charge is 0.494 e. The van der Waals surface area contributed by atoms with Gasteiger partial charge in [-0.3, -0.25) is 9.59 Å². The molecular formula is C25H23N3O3S2. The Morgan fingerprint density at radius 2 is 1.85 bits per heavy atom. The molecule has 0 radical (unpaired) electrons. The Morgan fingerprint density at radius 1 is 1.03 bits per heavy atom. The first-order valence-corrected chi connectivity index (χ1v) is 12.2. The van der Waals surface area contributed by atoms with Crippen molar-refractivity contribution in [2.24, 2.45) is 0 Å². The van der Waals surface area contributed by atoms with Crippen LogP contribution in [0.1, 0.15) is 22.8 Å². The molecule has 6 nitrogen and oxygen atoms in total. The number of benzene rings is 3. The van der Waals surface area contributed by atoms with Crippen LogP contribution in [0.15, 0.2) is 71.6 Å². The number of carbonyl (C=O) groups is 2. The highest BCUT2D eigenvalue weighted by atomic mass is 32.2. The van der Waals surface area contributed by atoms with Crippen LogP contribution in [0.5, 0.6) is 5.75 Å². The zero-order valence-corrected chi connectivity index (χ0v) is 19.9. The minimum Gasteiger partial charge on any atom is -0.494 e. The maximum absolute atomic E-state index is 12.4. The maximum atomic E-state index is 12.4. The van der Waals surface area contributed by atoms with Gasteiger partial charge in [0.15, 0.2) is 5.13 Å². The molecule has 0 saturated carbocycles. The van der Waals surface area contributed by atoms with E-state index in [1.54, 1.807) is 6.07 Å². The van der Waals surface area contributed by atoms with Gasteiger partial charge in [0.2, 0.25) is 5.91 Å². The molecule has 2 amide bonds. The summed E-state index contributed by atoms with van der Waals surface area (Å²) in [6.45, 7) is 4.49. The smallest absolute Gasteiger partial charge is 0.255 e. The number of aromatic nitrogens is 1. The summed E-state index contributed by atoms with van der Waals surface area (Å²) in [5.74, 6) is 0.777. The van der Waals surface area contributed by atoms with Gasteiger partial charge in [0.1, 0.15) is 5.75 Å². The van der Waals surface area contributed by atoms with Crippen LogP contribution >= 0.6 is 23.1 Å². The van der Waals surface area contributed by atoms with Crippen molar-refractivity contribution in [2.75, 3.05) is 23.0 Å². The predicted molar refractivity (Wildman–Crippen MR) is 136 cm³/mol. The fourth-order valence-corrected chi connectivity index (χ4v) is 4.75. The Labute approximate surface area is 200 Å². The molecule has 8 heteroatoms. The van der Waals surface area contributed by atoms with E-state index in [9.17, 15) is 9.59 Å². The second kappa shape index (κ2) is 10.5. The van der Waals surface area contributed by atoms with Crippen LogP contribution in [0.4, 0.5) is 10.8 Å². The molecule has 168 valence electrons. The zero-order chi connectivity index (χ0) is 23.2. The number of anilines is 2. The number of thiazole rings is 1. The number of hydrogen-bond acceptors (Lipinski definition) is 6. The molecular weight excluding hydrogens is 454 g/mol. The highest BCUT2D eigenvalue weighted by molar-refractivity contribution is 8.00. The molecule has 1 heterocycles. The lowest BCUT2D eigenvalue weighted by Gasteiger charge is -2.07. The molecule has 4 rings (SSSR count). The number of carbonyl (C=O) groups excluding carboxylic acids is 2. The highest BCUT2D eigenvalue weighted by Gasteiger charge is 2.10. The van der Waals surface area contributed by atoms with Crippen molar-refractivity contribution in [1.29, 1.82) is 0 Å². The Bertz CT molecular complexity index is 1290. The molecule has 0 bridgehead atoms. The Morgan fingerprint density at radius 3 is 2.61 bits per heavy atom. The second-order valence-electron chi connectivity index (χ2n) is 7.27. The molecule has 0 spiro atoms. The molecule has 0 atom stereocenters. The van der Waals surface area contributed by atoms with Crippen molar-refractivity contribution in [2.45, 2.75) is 18.7 Å². The average molecular weight is 478 g/mol. The number of aryl methyl sites for hydroxylation is 1. The molecule has 3 aromatic carbocycles. The van der Waals surface area contributed by atoms with Gasteiger partial charge < -0.3 is 15.4 Å². The summed E-state index contributed by atoms with van der Waals surface area (Å²) in [6.07, 6.45) is 0. The molecule has 0 aliphatic carbocycles. The zero-order valence-electron chi connectivity index (χ0n) is 18.3. The van der Waals surface area contributed by atoms with E-state index in [2.05, 4.69) is 15.6 Å². The predicted octanol–water partition coefficient (Wildman–Crippen LogP) is 5.99. The number of ether oxygens (including phenoxy) is 1. The maximum Gasteiger partial charge on any atom is 0.255 e. The van der Waals surface area contributed by atoms with E-state index in [0.717, 1.165) is 26.4 Å². The van der Waals surface area contributed by atoms with Crippen LogP contribution < -0.4 is 15.4 Å². The third-order valence-electron chi connectivity index (χ3n) is 4.68. The summed E-state index contributed by atoms with van der Waals surface area (Å²) in [7, 11) is 0. The lowest BCUT2D eigenvalue weighted by Crippen LogP contribution is -2.13. The normalized spacial score (nSPS) is 10.7. The molecule has 0 aliphatic heterocycles. The quantitative estimate of drug-likeness (QED) is 0.305. The van der Waals surface area contributed by atoms with Gasteiger partial charge in [0.05, 0.1) is 22.6 Å². The molecule has 0 unspecified atom stereocenters. The minimum absolute atomic E-state index is 0.124. The van der Waals surface area contributed by atoms with Crippen molar-refractivity contribution in [1.82, 2.24) is 4.98 Å². The first-order chi connectivity index (χ1) is 16.0. The van der Waals surface area contributed by atoms with E-state index < -0.39 is 0 Å². The highest BCUT2D eigenvalue weighted by Crippen LogP contribution is 2.29. The summed E-state index contributed by atoms with van der Waals surface area (Å²) in [5.41, 5.74) is 3.19. The summed E-state index contributed by atoms with van der Waals surface area (Å²) >= 11 is 2.84. The fourth-order valence-electron chi connectivity index (χ4n) is 3.14. The topological polar surface area (TPSA) is 80.3 Å². The first-order valence-electron chi connectivity index (χ1n) is 10.4. The number of fused-ring (bicyclic) bond motifs is 1. The third kappa shape index (κ3) is 6.12. The van der Waals surface area contributed by atoms with E-state index in [0.29, 0.717) is 23.0 Å². The van der Waals surface area contributed by atoms with Gasteiger partial charge in [-0.05, 0) is 68.4 Å². The van der Waals surface area contributed by atoms with Crippen molar-refractivity contribution in [3.8, 4) is 5.75 Å². The van der Waals surface area contributed by atoms with Gasteiger partial charge in [-0.1, -0.05) is 29.0 Å². The molecule has 0 fully saturated rings. The molecule has 4 aromatic rings. The van der Waals surface area contributed by atoms with Gasteiger partial charge in [0.25, 0.3) is 5.91 Å². The number of nitrogens with zero attached hydrogens (tertiary/aromatic N) is 1. The standard InChI is InChI=1S/C25H23N3O3S2/c1-3-31-19-9-12-21-22(14-19)33-25(27-21)28-23(29)15-32-20-10-7-18(8-11-20)26-24(30)17-6-4-5-16(2)13-17/h4-14H,3,15H2,1-2H3,(H,26,30)(H,27,28,29). The van der Waals surface area contributed by atoms with Crippen molar-refractivity contribution < 1.29 is 14.3 Å². The van der Waals surface area contributed by atoms with Crippen LogP contribution in [-0.2, 0) is 4.79 Å². The molecule has 33 heavy (non-hydrogen) atoms. The summed E-state index contributed by atoms with van der Waals surface area (Å²) in [5, 5.41) is 6.32. The molecule has 2 N–H and O–H groups in total. The summed E-state index contributed by atoms with van der Waals surface area (Å²) in [4.78, 5) is 30.2. The number of amides is 2. The van der Waals surface area contributed by atoms with Crippen molar-refractivity contribution in [3.05, 3.63) is 77.9 Å². The Hall–Kier alpha value is -3.36. The van der Waals surface area contributed by atoms with Crippen molar-refractivity contribution >= 4 is 55.9 Å². The molecule has 1 aromatic heterocycles. The monoisotopic (exact) mass is 477 g/mol. The Balaban J connectivity index is 1.29. The van der Waals surface area contributed by atoms with Gasteiger partial charge >= 0.3 is 0 Å². The SMILES string of the molecule is CCOc1ccc2nc(NC(=O)CSc3ccc(NC(=O)c4cccc(C)c4)cc3)sc2c1. The van der Waals surface area contributed by atoms with Gasteiger partial charge in [-0.15, -0.1) is 11.8 Å². The van der Waals surface area contributed by atoms with Crippen LogP contribution in [0.25, 0.3) is 10.2 Å². The third-order valence-corrected chi connectivity index (χ3v) is 6.63. The van der Waals surface area contributed by atoms with Gasteiger partial charge in [-0.25, -0.2) is 4.98 Å². The van der Waals surface area contributed by atoms with Crippen LogP contribution in [0, 0.1) is 6.92 Å². The lowest BCUT2D eigenvalue weighted by molar-refractivity contribution is -0.113. The number of hydrogen-bond donors (Lipinski definition) is 2. The number of nitrogens with one attached hydrogen (secondary N) is 2.